The van der Waals surface area contributed by atoms with Crippen LogP contribution in [0.2, 0.25) is 0 Å². The zero-order valence-electron chi connectivity index (χ0n) is 16.0. The molecule has 4 aromatic rings. The molecule has 30 heavy (non-hydrogen) atoms. The summed E-state index contributed by atoms with van der Waals surface area (Å²) in [6.07, 6.45) is 0.804. The van der Waals surface area contributed by atoms with E-state index < -0.39 is 4.92 Å². The van der Waals surface area contributed by atoms with E-state index in [1.165, 1.54) is 23.9 Å². The Kier molecular flexibility index (Phi) is 5.57. The maximum Gasteiger partial charge on any atom is 0.269 e. The summed E-state index contributed by atoms with van der Waals surface area (Å²) >= 11 is 1.35. The summed E-state index contributed by atoms with van der Waals surface area (Å²) in [5, 5.41) is 20.0. The van der Waals surface area contributed by atoms with Gasteiger partial charge in [-0.25, -0.2) is 4.98 Å². The van der Waals surface area contributed by atoms with Crippen molar-refractivity contribution in [2.24, 2.45) is 0 Å². The first-order valence-electron chi connectivity index (χ1n) is 9.26. The Morgan fingerprint density at radius 3 is 2.63 bits per heavy atom. The standard InChI is InChI=1S/C20H17N5O4S/c1-2-11-24-19(26)15-5-3-4-6-16(15)21-20(24)30-12-17-22-23-18(29-17)13-7-9-14(10-8-13)25(27)28/h3-10H,2,11-12H2,1H3. The van der Waals surface area contributed by atoms with E-state index in [1.54, 1.807) is 22.8 Å². The Balaban J connectivity index is 1.57. The number of nitro benzene ring substituents is 1. The Bertz CT molecular complexity index is 1270. The van der Waals surface area contributed by atoms with E-state index in [2.05, 4.69) is 15.2 Å². The molecule has 2 heterocycles. The van der Waals surface area contributed by atoms with Gasteiger partial charge in [0.1, 0.15) is 0 Å². The first-order chi connectivity index (χ1) is 14.6. The molecular formula is C20H17N5O4S. The molecule has 4 rings (SSSR count). The smallest absolute Gasteiger partial charge is 0.269 e. The van der Waals surface area contributed by atoms with E-state index in [0.717, 1.165) is 6.42 Å². The highest BCUT2D eigenvalue weighted by Crippen LogP contribution is 2.25. The third kappa shape index (κ3) is 3.94. The minimum Gasteiger partial charge on any atom is -0.420 e. The maximum absolute atomic E-state index is 12.8. The number of nitrogens with zero attached hydrogens (tertiary/aromatic N) is 5. The van der Waals surface area contributed by atoms with Gasteiger partial charge in [0, 0.05) is 24.2 Å². The first-order valence-corrected chi connectivity index (χ1v) is 10.2. The normalized spacial score (nSPS) is 11.1. The zero-order chi connectivity index (χ0) is 21.1. The summed E-state index contributed by atoms with van der Waals surface area (Å²) in [6, 6.07) is 13.2. The van der Waals surface area contributed by atoms with Gasteiger partial charge in [-0.1, -0.05) is 30.8 Å². The zero-order valence-corrected chi connectivity index (χ0v) is 16.8. The Morgan fingerprint density at radius 1 is 1.13 bits per heavy atom. The van der Waals surface area contributed by atoms with Gasteiger partial charge in [-0.3, -0.25) is 19.5 Å². The van der Waals surface area contributed by atoms with Gasteiger partial charge in [-0.2, -0.15) is 0 Å². The van der Waals surface area contributed by atoms with Crippen LogP contribution in [-0.4, -0.2) is 24.7 Å². The Labute approximate surface area is 174 Å². The van der Waals surface area contributed by atoms with E-state index >= 15 is 0 Å². The van der Waals surface area contributed by atoms with Gasteiger partial charge in [0.05, 0.1) is 21.6 Å². The second-order valence-corrected chi connectivity index (χ2v) is 7.40. The molecular weight excluding hydrogens is 406 g/mol. The number of non-ortho nitro benzene ring substituents is 1. The lowest BCUT2D eigenvalue weighted by atomic mass is 10.2. The van der Waals surface area contributed by atoms with Crippen molar-refractivity contribution in [1.29, 1.82) is 0 Å². The van der Waals surface area contributed by atoms with E-state index in [9.17, 15) is 14.9 Å². The lowest BCUT2D eigenvalue weighted by molar-refractivity contribution is -0.384. The highest BCUT2D eigenvalue weighted by Gasteiger charge is 2.15. The van der Waals surface area contributed by atoms with Crippen molar-refractivity contribution >= 4 is 28.4 Å². The van der Waals surface area contributed by atoms with Crippen LogP contribution in [0, 0.1) is 10.1 Å². The van der Waals surface area contributed by atoms with E-state index in [4.69, 9.17) is 4.42 Å². The third-order valence-corrected chi connectivity index (χ3v) is 5.35. The van der Waals surface area contributed by atoms with Crippen molar-refractivity contribution in [1.82, 2.24) is 19.7 Å². The van der Waals surface area contributed by atoms with Gasteiger partial charge in [0.15, 0.2) is 5.16 Å². The van der Waals surface area contributed by atoms with Gasteiger partial charge in [-0.15, -0.1) is 10.2 Å². The molecule has 9 nitrogen and oxygen atoms in total. The molecule has 0 aliphatic rings. The lowest BCUT2D eigenvalue weighted by Crippen LogP contribution is -2.23. The van der Waals surface area contributed by atoms with Gasteiger partial charge in [0.25, 0.3) is 11.2 Å². The maximum atomic E-state index is 12.8. The molecule has 0 aliphatic carbocycles. The van der Waals surface area contributed by atoms with Crippen LogP contribution in [0.1, 0.15) is 19.2 Å². The molecule has 0 unspecified atom stereocenters. The van der Waals surface area contributed by atoms with Crippen LogP contribution in [0.25, 0.3) is 22.4 Å². The number of aromatic nitrogens is 4. The van der Waals surface area contributed by atoms with Gasteiger partial charge in [0.2, 0.25) is 11.8 Å². The molecule has 0 aliphatic heterocycles. The van der Waals surface area contributed by atoms with Crippen LogP contribution in [0.4, 0.5) is 5.69 Å². The Hall–Kier alpha value is -3.53. The van der Waals surface area contributed by atoms with Crippen molar-refractivity contribution in [3.05, 3.63) is 74.9 Å². The average Bonchev–Trinajstić information content (AvgIpc) is 3.24. The summed E-state index contributed by atoms with van der Waals surface area (Å²) in [4.78, 5) is 27.8. The van der Waals surface area contributed by atoms with Crippen molar-refractivity contribution in [2.75, 3.05) is 0 Å². The highest BCUT2D eigenvalue weighted by atomic mass is 32.2. The third-order valence-electron chi connectivity index (χ3n) is 4.39. The summed E-state index contributed by atoms with van der Waals surface area (Å²) in [5.74, 6) is 0.991. The molecule has 2 aromatic carbocycles. The van der Waals surface area contributed by atoms with Crippen molar-refractivity contribution in [2.45, 2.75) is 30.8 Å². The topological polar surface area (TPSA) is 117 Å². The molecule has 0 radical (unpaired) electrons. The number of para-hydroxylation sites is 1. The summed E-state index contributed by atoms with van der Waals surface area (Å²) in [6.45, 7) is 2.57. The summed E-state index contributed by atoms with van der Waals surface area (Å²) in [7, 11) is 0. The number of rotatable bonds is 7. The molecule has 0 fully saturated rings. The second kappa shape index (κ2) is 8.46. The van der Waals surface area contributed by atoms with Gasteiger partial charge >= 0.3 is 0 Å². The van der Waals surface area contributed by atoms with E-state index in [0.29, 0.717) is 39.8 Å². The monoisotopic (exact) mass is 423 g/mol. The highest BCUT2D eigenvalue weighted by molar-refractivity contribution is 7.98. The fraction of sp³-hybridized carbons (Fsp3) is 0.200. The average molecular weight is 423 g/mol. The molecule has 0 N–H and O–H groups in total. The molecule has 0 saturated carbocycles. The quantitative estimate of drug-likeness (QED) is 0.189. The van der Waals surface area contributed by atoms with Gasteiger partial charge in [-0.05, 0) is 30.7 Å². The van der Waals surface area contributed by atoms with Crippen LogP contribution >= 0.6 is 11.8 Å². The van der Waals surface area contributed by atoms with E-state index in [1.807, 2.05) is 25.1 Å². The molecule has 0 saturated heterocycles. The van der Waals surface area contributed by atoms with Crippen LogP contribution < -0.4 is 5.56 Å². The SMILES string of the molecule is CCCn1c(SCc2nnc(-c3ccc([N+](=O)[O-])cc3)o2)nc2ccccc2c1=O. The number of benzene rings is 2. The predicted octanol–water partition coefficient (Wildman–Crippen LogP) is 4.06. The summed E-state index contributed by atoms with van der Waals surface area (Å²) < 4.78 is 7.35. The number of hydrogen-bond donors (Lipinski definition) is 0. The van der Waals surface area contributed by atoms with Crippen molar-refractivity contribution < 1.29 is 9.34 Å². The van der Waals surface area contributed by atoms with Crippen LogP contribution in [0.3, 0.4) is 0 Å². The fourth-order valence-electron chi connectivity index (χ4n) is 2.96. The largest absolute Gasteiger partial charge is 0.420 e. The lowest BCUT2D eigenvalue weighted by Gasteiger charge is -2.11. The molecule has 152 valence electrons. The second-order valence-electron chi connectivity index (χ2n) is 6.46. The summed E-state index contributed by atoms with van der Waals surface area (Å²) in [5.41, 5.74) is 1.16. The predicted molar refractivity (Wildman–Crippen MR) is 112 cm³/mol. The minimum atomic E-state index is -0.466. The number of hydrogen-bond acceptors (Lipinski definition) is 8. The van der Waals surface area contributed by atoms with Crippen LogP contribution in [0.15, 0.2) is 62.9 Å². The minimum absolute atomic E-state index is 0.00896. The fourth-order valence-corrected chi connectivity index (χ4v) is 3.82. The molecule has 2 aromatic heterocycles. The number of thioether (sulfide) groups is 1. The number of nitro groups is 1. The Morgan fingerprint density at radius 2 is 1.90 bits per heavy atom. The number of fused-ring (bicyclic) bond motifs is 1. The van der Waals surface area contributed by atoms with Crippen molar-refractivity contribution in [3.8, 4) is 11.5 Å². The van der Waals surface area contributed by atoms with Crippen LogP contribution in [0.5, 0.6) is 0 Å². The molecule has 0 amide bonds. The molecule has 0 spiro atoms. The van der Waals surface area contributed by atoms with Gasteiger partial charge < -0.3 is 4.42 Å². The van der Waals surface area contributed by atoms with E-state index in [-0.39, 0.29) is 17.1 Å². The molecule has 10 heteroatoms. The first kappa shape index (κ1) is 19.8. The van der Waals surface area contributed by atoms with Crippen molar-refractivity contribution in [3.63, 3.8) is 0 Å². The van der Waals surface area contributed by atoms with Crippen LogP contribution in [-0.2, 0) is 12.3 Å². The molecule has 0 atom stereocenters. The molecule has 0 bridgehead atoms.